The Bertz CT molecular complexity index is 442. The monoisotopic (exact) mass is 297 g/mol. The van der Waals surface area contributed by atoms with Gasteiger partial charge in [0.05, 0.1) is 12.2 Å². The molecule has 112 valence electrons. The lowest BCUT2D eigenvalue weighted by molar-refractivity contribution is -0.116. The van der Waals surface area contributed by atoms with Gasteiger partial charge in [0.25, 0.3) is 0 Å². The number of amides is 1. The van der Waals surface area contributed by atoms with Gasteiger partial charge in [-0.3, -0.25) is 9.69 Å². The molecule has 0 aliphatic carbocycles. The molecule has 6 nitrogen and oxygen atoms in total. The van der Waals surface area contributed by atoms with Crippen LogP contribution in [0.4, 0.5) is 5.13 Å². The third kappa shape index (κ3) is 3.99. The van der Waals surface area contributed by atoms with Crippen LogP contribution in [0.25, 0.3) is 0 Å². The summed E-state index contributed by atoms with van der Waals surface area (Å²) in [5.74, 6) is 0.0421. The molecule has 0 atom stereocenters. The maximum atomic E-state index is 11.5. The molecule has 1 saturated heterocycles. The van der Waals surface area contributed by atoms with Gasteiger partial charge in [-0.05, 0) is 14.0 Å². The van der Waals surface area contributed by atoms with Crippen molar-refractivity contribution in [3.05, 3.63) is 11.1 Å². The van der Waals surface area contributed by atoms with E-state index in [1.165, 1.54) is 11.3 Å². The third-order valence-electron chi connectivity index (χ3n) is 3.45. The van der Waals surface area contributed by atoms with E-state index in [0.717, 1.165) is 43.5 Å². The van der Waals surface area contributed by atoms with Crippen LogP contribution in [0.3, 0.4) is 0 Å². The Morgan fingerprint density at radius 1 is 1.45 bits per heavy atom. The minimum Gasteiger partial charge on any atom is -0.304 e. The van der Waals surface area contributed by atoms with Crippen LogP contribution in [-0.2, 0) is 11.3 Å². The van der Waals surface area contributed by atoms with Gasteiger partial charge < -0.3 is 4.90 Å². The first-order chi connectivity index (χ1) is 9.60. The summed E-state index contributed by atoms with van der Waals surface area (Å²) in [7, 11) is 2.14. The molecule has 1 amide bonds. The molecular formula is C13H23N5OS. The van der Waals surface area contributed by atoms with Crippen molar-refractivity contribution in [3.63, 3.8) is 0 Å². The standard InChI is InChI=1S/C13H23N5OS/c1-4-18(11(2)19)13-15-12(10-20-13)9-14-17-7-5-16(3)6-8-17/h10,14H,4-9H2,1-3H3. The number of rotatable bonds is 5. The van der Waals surface area contributed by atoms with Crippen LogP contribution in [0.2, 0.25) is 0 Å². The van der Waals surface area contributed by atoms with Crippen molar-refractivity contribution in [2.45, 2.75) is 20.4 Å². The summed E-state index contributed by atoms with van der Waals surface area (Å²) in [6.07, 6.45) is 0. The SMILES string of the molecule is CCN(C(C)=O)c1nc(CNN2CCN(C)CC2)cs1. The van der Waals surface area contributed by atoms with Gasteiger partial charge >= 0.3 is 0 Å². The molecule has 1 aromatic heterocycles. The number of hydrazine groups is 1. The quantitative estimate of drug-likeness (QED) is 0.870. The maximum absolute atomic E-state index is 11.5. The number of thiazole rings is 1. The molecular weight excluding hydrogens is 274 g/mol. The molecule has 2 rings (SSSR count). The van der Waals surface area contributed by atoms with Gasteiger partial charge in [0.1, 0.15) is 0 Å². The summed E-state index contributed by atoms with van der Waals surface area (Å²) < 4.78 is 0. The number of likely N-dealkylation sites (N-methyl/N-ethyl adjacent to an activating group) is 1. The number of anilines is 1. The maximum Gasteiger partial charge on any atom is 0.225 e. The topological polar surface area (TPSA) is 51.7 Å². The smallest absolute Gasteiger partial charge is 0.225 e. The predicted octanol–water partition coefficient (Wildman–Crippen LogP) is 0.768. The molecule has 0 bridgehead atoms. The highest BCUT2D eigenvalue weighted by atomic mass is 32.1. The van der Waals surface area contributed by atoms with Crippen LogP contribution in [0, 0.1) is 0 Å². The Hall–Kier alpha value is -1.02. The summed E-state index contributed by atoms with van der Waals surface area (Å²) in [6.45, 7) is 9.15. The molecule has 0 aromatic carbocycles. The number of carbonyl (C=O) groups excluding carboxylic acids is 1. The van der Waals surface area contributed by atoms with E-state index in [2.05, 4.69) is 27.4 Å². The van der Waals surface area contributed by atoms with Crippen molar-refractivity contribution in [3.8, 4) is 0 Å². The molecule has 20 heavy (non-hydrogen) atoms. The fraction of sp³-hybridized carbons (Fsp3) is 0.692. The number of hydrogen-bond acceptors (Lipinski definition) is 6. The Morgan fingerprint density at radius 3 is 2.75 bits per heavy atom. The van der Waals surface area contributed by atoms with Crippen LogP contribution in [0.1, 0.15) is 19.5 Å². The van der Waals surface area contributed by atoms with Gasteiger partial charge in [-0.1, -0.05) is 0 Å². The fourth-order valence-electron chi connectivity index (χ4n) is 2.15. The molecule has 1 fully saturated rings. The van der Waals surface area contributed by atoms with E-state index in [9.17, 15) is 4.79 Å². The van der Waals surface area contributed by atoms with Crippen LogP contribution in [-0.4, -0.2) is 60.6 Å². The molecule has 0 unspecified atom stereocenters. The van der Waals surface area contributed by atoms with Gasteiger partial charge in [-0.15, -0.1) is 11.3 Å². The molecule has 1 aliphatic rings. The predicted molar refractivity (Wildman–Crippen MR) is 81.7 cm³/mol. The van der Waals surface area contributed by atoms with Crippen molar-refractivity contribution in [2.75, 3.05) is 44.7 Å². The lowest BCUT2D eigenvalue weighted by Gasteiger charge is -2.32. The van der Waals surface area contributed by atoms with Crippen molar-refractivity contribution in [1.29, 1.82) is 0 Å². The summed E-state index contributed by atoms with van der Waals surface area (Å²) in [6, 6.07) is 0. The lowest BCUT2D eigenvalue weighted by atomic mass is 10.4. The van der Waals surface area contributed by atoms with Gasteiger partial charge in [0.2, 0.25) is 5.91 Å². The van der Waals surface area contributed by atoms with Crippen LogP contribution in [0.5, 0.6) is 0 Å². The minimum atomic E-state index is 0.0421. The van der Waals surface area contributed by atoms with Crippen molar-refractivity contribution >= 4 is 22.4 Å². The van der Waals surface area contributed by atoms with Crippen molar-refractivity contribution in [1.82, 2.24) is 20.3 Å². The second-order valence-electron chi connectivity index (χ2n) is 5.01. The van der Waals surface area contributed by atoms with Crippen LogP contribution < -0.4 is 10.3 Å². The summed E-state index contributed by atoms with van der Waals surface area (Å²) in [5, 5.41) is 5.04. The van der Waals surface area contributed by atoms with E-state index in [4.69, 9.17) is 0 Å². The summed E-state index contributed by atoms with van der Waals surface area (Å²) >= 11 is 1.52. The minimum absolute atomic E-state index is 0.0421. The highest BCUT2D eigenvalue weighted by molar-refractivity contribution is 7.14. The fourth-order valence-corrected chi connectivity index (χ4v) is 3.08. The van der Waals surface area contributed by atoms with Crippen LogP contribution in [0.15, 0.2) is 5.38 Å². The molecule has 2 heterocycles. The van der Waals surface area contributed by atoms with E-state index in [1.807, 2.05) is 12.3 Å². The first kappa shape index (κ1) is 15.4. The highest BCUT2D eigenvalue weighted by Crippen LogP contribution is 2.20. The average molecular weight is 297 g/mol. The first-order valence-electron chi connectivity index (χ1n) is 6.99. The first-order valence-corrected chi connectivity index (χ1v) is 7.87. The molecule has 0 spiro atoms. The lowest BCUT2D eigenvalue weighted by Crippen LogP contribution is -2.50. The van der Waals surface area contributed by atoms with Crippen molar-refractivity contribution < 1.29 is 4.79 Å². The van der Waals surface area contributed by atoms with Crippen molar-refractivity contribution in [2.24, 2.45) is 0 Å². The summed E-state index contributed by atoms with van der Waals surface area (Å²) in [5.41, 5.74) is 4.39. The normalized spacial score (nSPS) is 17.4. The Kier molecular flexibility index (Phi) is 5.47. The molecule has 1 aliphatic heterocycles. The molecule has 0 radical (unpaired) electrons. The van der Waals surface area contributed by atoms with E-state index in [1.54, 1.807) is 11.8 Å². The Balaban J connectivity index is 1.85. The largest absolute Gasteiger partial charge is 0.304 e. The van der Waals surface area contributed by atoms with Crippen LogP contribution >= 0.6 is 11.3 Å². The second-order valence-corrected chi connectivity index (χ2v) is 5.85. The molecule has 0 saturated carbocycles. The van der Waals surface area contributed by atoms with Gasteiger partial charge in [-0.2, -0.15) is 0 Å². The number of aromatic nitrogens is 1. The Morgan fingerprint density at radius 2 is 2.15 bits per heavy atom. The highest BCUT2D eigenvalue weighted by Gasteiger charge is 2.15. The van der Waals surface area contributed by atoms with Gasteiger partial charge in [0.15, 0.2) is 5.13 Å². The molecule has 1 N–H and O–H groups in total. The average Bonchev–Trinajstić information content (AvgIpc) is 2.87. The number of nitrogens with zero attached hydrogens (tertiary/aromatic N) is 4. The van der Waals surface area contributed by atoms with E-state index in [-0.39, 0.29) is 5.91 Å². The molecule has 1 aromatic rings. The number of nitrogens with one attached hydrogen (secondary N) is 1. The third-order valence-corrected chi connectivity index (χ3v) is 4.37. The van der Waals surface area contributed by atoms with E-state index >= 15 is 0 Å². The number of hydrogen-bond donors (Lipinski definition) is 1. The Labute approximate surface area is 124 Å². The number of carbonyl (C=O) groups is 1. The zero-order chi connectivity index (χ0) is 14.5. The zero-order valence-corrected chi connectivity index (χ0v) is 13.2. The molecule has 7 heteroatoms. The second kappa shape index (κ2) is 7.12. The van der Waals surface area contributed by atoms with Gasteiger partial charge in [-0.25, -0.2) is 15.4 Å². The van der Waals surface area contributed by atoms with E-state index < -0.39 is 0 Å². The van der Waals surface area contributed by atoms with Gasteiger partial charge in [0, 0.05) is 45.0 Å². The van der Waals surface area contributed by atoms with E-state index in [0.29, 0.717) is 6.54 Å². The number of piperazine rings is 1. The summed E-state index contributed by atoms with van der Waals surface area (Å²) in [4.78, 5) is 20.0. The zero-order valence-electron chi connectivity index (χ0n) is 12.4.